The van der Waals surface area contributed by atoms with Gasteiger partial charge in [-0.1, -0.05) is 93.8 Å². The molecule has 27 heavy (non-hydrogen) atoms. The van der Waals surface area contributed by atoms with Crippen LogP contribution in [0.1, 0.15) is 50.7 Å². The first-order chi connectivity index (χ1) is 13.2. The lowest BCUT2D eigenvalue weighted by Gasteiger charge is -2.16. The Bertz CT molecular complexity index is 788. The molecule has 0 saturated heterocycles. The average Bonchev–Trinajstić information content (AvgIpc) is 2.73. The van der Waals surface area contributed by atoms with E-state index >= 15 is 0 Å². The van der Waals surface area contributed by atoms with Crippen LogP contribution in [0, 0.1) is 17.2 Å². The van der Waals surface area contributed by atoms with Crippen molar-refractivity contribution in [2.45, 2.75) is 39.5 Å². The Morgan fingerprint density at radius 2 is 1.59 bits per heavy atom. The standard InChI is InChI=1S/C24H27NO2/c1-3-5-12-19(4-2)18-27-24(26)23(21-15-10-7-11-16-21)22(17-25)20-13-8-6-9-14-20/h6-11,13-16,19H,3-5,12,18H2,1-2H3/b23-22+. The van der Waals surface area contributed by atoms with Crippen molar-refractivity contribution >= 4 is 17.1 Å². The number of hydrogen-bond acceptors (Lipinski definition) is 3. The number of nitriles is 1. The first-order valence-corrected chi connectivity index (χ1v) is 9.63. The molecule has 140 valence electrons. The Morgan fingerprint density at radius 3 is 2.11 bits per heavy atom. The van der Waals surface area contributed by atoms with Gasteiger partial charge in [0.05, 0.1) is 17.8 Å². The number of esters is 1. The SMILES string of the molecule is CCCCC(CC)COC(=O)/C(=C(\C#N)c1ccccc1)c1ccccc1. The molecule has 0 heterocycles. The molecule has 3 heteroatoms. The monoisotopic (exact) mass is 361 g/mol. The maximum Gasteiger partial charge on any atom is 0.340 e. The van der Waals surface area contributed by atoms with Crippen molar-refractivity contribution in [3.63, 3.8) is 0 Å². The Balaban J connectivity index is 2.35. The van der Waals surface area contributed by atoms with Crippen LogP contribution in [0.5, 0.6) is 0 Å². The molecule has 0 spiro atoms. The number of benzene rings is 2. The predicted molar refractivity (Wildman–Crippen MR) is 110 cm³/mol. The van der Waals surface area contributed by atoms with E-state index in [4.69, 9.17) is 4.74 Å². The van der Waals surface area contributed by atoms with E-state index in [1.165, 1.54) is 0 Å². The number of nitrogens with zero attached hydrogens (tertiary/aromatic N) is 1. The van der Waals surface area contributed by atoms with Crippen LogP contribution in [0.3, 0.4) is 0 Å². The zero-order valence-electron chi connectivity index (χ0n) is 16.2. The van der Waals surface area contributed by atoms with Crippen LogP contribution in [-0.4, -0.2) is 12.6 Å². The fraction of sp³-hybridized carbons (Fsp3) is 0.333. The summed E-state index contributed by atoms with van der Waals surface area (Å²) in [5.41, 5.74) is 2.08. The maximum absolute atomic E-state index is 13.0. The van der Waals surface area contributed by atoms with Crippen LogP contribution in [0.4, 0.5) is 0 Å². The molecular formula is C24H27NO2. The zero-order chi connectivity index (χ0) is 19.5. The highest BCUT2D eigenvalue weighted by molar-refractivity contribution is 6.26. The zero-order valence-corrected chi connectivity index (χ0v) is 16.2. The summed E-state index contributed by atoms with van der Waals surface area (Å²) in [4.78, 5) is 13.0. The van der Waals surface area contributed by atoms with Crippen LogP contribution in [-0.2, 0) is 9.53 Å². The number of hydrogen-bond donors (Lipinski definition) is 0. The van der Waals surface area contributed by atoms with Gasteiger partial charge in [0.1, 0.15) is 6.07 Å². The number of allylic oxidation sites excluding steroid dienone is 1. The lowest BCUT2D eigenvalue weighted by Crippen LogP contribution is -2.16. The molecule has 1 unspecified atom stereocenters. The minimum absolute atomic E-state index is 0.328. The Kier molecular flexibility index (Phi) is 8.32. The summed E-state index contributed by atoms with van der Waals surface area (Å²) in [7, 11) is 0. The summed E-state index contributed by atoms with van der Waals surface area (Å²) in [6.45, 7) is 4.67. The molecule has 0 radical (unpaired) electrons. The third kappa shape index (κ3) is 5.82. The van der Waals surface area contributed by atoms with Crippen LogP contribution in [0.15, 0.2) is 60.7 Å². The lowest BCUT2D eigenvalue weighted by molar-refractivity contribution is -0.138. The molecule has 2 aromatic rings. The third-order valence-corrected chi connectivity index (χ3v) is 4.68. The van der Waals surface area contributed by atoms with Crippen molar-refractivity contribution in [3.8, 4) is 6.07 Å². The molecule has 0 aliphatic rings. The fourth-order valence-electron chi connectivity index (χ4n) is 3.00. The maximum atomic E-state index is 13.0. The Morgan fingerprint density at radius 1 is 1.00 bits per heavy atom. The van der Waals surface area contributed by atoms with Crippen LogP contribution >= 0.6 is 0 Å². The van der Waals surface area contributed by atoms with Gasteiger partial charge in [-0.25, -0.2) is 4.79 Å². The van der Waals surface area contributed by atoms with Gasteiger partial charge in [0, 0.05) is 0 Å². The summed E-state index contributed by atoms with van der Waals surface area (Å²) >= 11 is 0. The molecule has 2 aromatic carbocycles. The second-order valence-corrected chi connectivity index (χ2v) is 6.61. The van der Waals surface area contributed by atoms with Gasteiger partial charge in [-0.3, -0.25) is 0 Å². The molecule has 0 N–H and O–H groups in total. The summed E-state index contributed by atoms with van der Waals surface area (Å²) in [6.07, 6.45) is 4.28. The first-order valence-electron chi connectivity index (χ1n) is 9.63. The highest BCUT2D eigenvalue weighted by atomic mass is 16.5. The molecule has 1 atom stereocenters. The molecule has 0 aliphatic carbocycles. The van der Waals surface area contributed by atoms with Crippen LogP contribution in [0.25, 0.3) is 11.1 Å². The summed E-state index contributed by atoms with van der Waals surface area (Å²) in [5.74, 6) is -0.0789. The Labute approximate surface area is 162 Å². The van der Waals surface area contributed by atoms with Gasteiger partial charge >= 0.3 is 5.97 Å². The van der Waals surface area contributed by atoms with Gasteiger partial charge in [0.25, 0.3) is 0 Å². The van der Waals surface area contributed by atoms with E-state index in [1.807, 2.05) is 60.7 Å². The highest BCUT2D eigenvalue weighted by Gasteiger charge is 2.21. The van der Waals surface area contributed by atoms with Crippen molar-refractivity contribution in [3.05, 3.63) is 71.8 Å². The van der Waals surface area contributed by atoms with E-state index in [-0.39, 0.29) is 0 Å². The van der Waals surface area contributed by atoms with E-state index in [0.29, 0.717) is 34.8 Å². The van der Waals surface area contributed by atoms with Crippen molar-refractivity contribution in [2.75, 3.05) is 6.61 Å². The lowest BCUT2D eigenvalue weighted by atomic mass is 9.95. The highest BCUT2D eigenvalue weighted by Crippen LogP contribution is 2.27. The van der Waals surface area contributed by atoms with E-state index in [9.17, 15) is 10.1 Å². The molecule has 0 saturated carbocycles. The molecule has 0 amide bonds. The molecular weight excluding hydrogens is 334 g/mol. The van der Waals surface area contributed by atoms with Gasteiger partial charge < -0.3 is 4.74 Å². The summed E-state index contributed by atoms with van der Waals surface area (Å²) < 4.78 is 5.67. The number of rotatable bonds is 9. The third-order valence-electron chi connectivity index (χ3n) is 4.68. The average molecular weight is 361 g/mol. The van der Waals surface area contributed by atoms with E-state index in [1.54, 1.807) is 0 Å². The smallest absolute Gasteiger partial charge is 0.340 e. The number of carbonyl (C=O) groups excluding carboxylic acids is 1. The van der Waals surface area contributed by atoms with Crippen LogP contribution < -0.4 is 0 Å². The first kappa shape index (κ1) is 20.5. The number of ether oxygens (including phenoxy) is 1. The van der Waals surface area contributed by atoms with E-state index in [2.05, 4.69) is 19.9 Å². The van der Waals surface area contributed by atoms with E-state index in [0.717, 1.165) is 25.7 Å². The minimum atomic E-state index is -0.434. The van der Waals surface area contributed by atoms with Gasteiger partial charge in [-0.15, -0.1) is 0 Å². The predicted octanol–water partition coefficient (Wildman–Crippen LogP) is 5.88. The normalized spacial score (nSPS) is 12.6. The van der Waals surface area contributed by atoms with Crippen molar-refractivity contribution < 1.29 is 9.53 Å². The van der Waals surface area contributed by atoms with Crippen molar-refractivity contribution in [2.24, 2.45) is 5.92 Å². The topological polar surface area (TPSA) is 50.1 Å². The van der Waals surface area contributed by atoms with Gasteiger partial charge in [-0.05, 0) is 23.5 Å². The second kappa shape index (κ2) is 11.0. The number of unbranched alkanes of at least 4 members (excludes halogenated alkanes) is 1. The molecule has 0 aliphatic heterocycles. The summed E-state index contributed by atoms with van der Waals surface area (Å²) in [5, 5.41) is 9.78. The fourth-order valence-corrected chi connectivity index (χ4v) is 3.00. The van der Waals surface area contributed by atoms with Crippen LogP contribution in [0.2, 0.25) is 0 Å². The molecule has 2 rings (SSSR count). The van der Waals surface area contributed by atoms with Gasteiger partial charge in [-0.2, -0.15) is 5.26 Å². The molecule has 3 nitrogen and oxygen atoms in total. The van der Waals surface area contributed by atoms with Crippen molar-refractivity contribution in [1.82, 2.24) is 0 Å². The molecule has 0 bridgehead atoms. The minimum Gasteiger partial charge on any atom is -0.462 e. The number of carbonyl (C=O) groups is 1. The van der Waals surface area contributed by atoms with E-state index < -0.39 is 5.97 Å². The van der Waals surface area contributed by atoms with Crippen molar-refractivity contribution in [1.29, 1.82) is 5.26 Å². The molecule has 0 aromatic heterocycles. The van der Waals surface area contributed by atoms with Gasteiger partial charge in [0.15, 0.2) is 0 Å². The quantitative estimate of drug-likeness (QED) is 0.242. The Hall–Kier alpha value is -2.86. The van der Waals surface area contributed by atoms with Gasteiger partial charge in [0.2, 0.25) is 0 Å². The summed E-state index contributed by atoms with van der Waals surface area (Å²) in [6, 6.07) is 20.8. The largest absolute Gasteiger partial charge is 0.462 e. The second-order valence-electron chi connectivity index (χ2n) is 6.61. The molecule has 0 fully saturated rings.